The SMILES string of the molecule is FC(F)(F)Oc1cc(OC(F)(F)F)cc([PH]([CH](Cl)[Pd])(C2CCCC2)C2CCCC2)c1. The molecular weight excluding hydrogens is 547 g/mol. The van der Waals surface area contributed by atoms with Crippen molar-refractivity contribution in [2.24, 2.45) is 0 Å². The monoisotopic (exact) mass is 569 g/mol. The van der Waals surface area contributed by atoms with Crippen LogP contribution in [0, 0.1) is 0 Å². The van der Waals surface area contributed by atoms with Gasteiger partial charge in [-0.2, -0.15) is 0 Å². The fraction of sp³-hybridized carbons (Fsp3) is 0.684. The summed E-state index contributed by atoms with van der Waals surface area (Å²) in [4.78, 5) is 0. The van der Waals surface area contributed by atoms with Crippen LogP contribution in [-0.2, 0) is 19.2 Å². The Labute approximate surface area is 187 Å². The summed E-state index contributed by atoms with van der Waals surface area (Å²) in [5.74, 6) is -1.41. The molecule has 175 valence electrons. The van der Waals surface area contributed by atoms with Gasteiger partial charge in [-0.1, -0.05) is 0 Å². The predicted octanol–water partition coefficient (Wildman–Crippen LogP) is 6.81. The molecule has 1 aromatic carbocycles. The summed E-state index contributed by atoms with van der Waals surface area (Å²) in [5.41, 5.74) is 0.356. The number of halogens is 7. The summed E-state index contributed by atoms with van der Waals surface area (Å²) in [6.07, 6.45) is -2.61. The number of hydrogen-bond donors (Lipinski definition) is 0. The first-order chi connectivity index (χ1) is 13.9. The molecule has 0 aromatic heterocycles. The standard InChI is InChI=1S/C19H23ClF6O2P.Pd/c20-12-29(15-5-1-2-6-15,16-7-3-4-8-16)17-10-13(27-18(21,22)23)9-14(11-17)28-19(24,25)26;/h9-12,15-16,29H,1-8H2;. The van der Waals surface area contributed by atoms with E-state index in [2.05, 4.69) is 28.7 Å². The van der Waals surface area contributed by atoms with Gasteiger partial charge in [-0.25, -0.2) is 0 Å². The number of hydrogen-bond acceptors (Lipinski definition) is 2. The van der Waals surface area contributed by atoms with Gasteiger partial charge >= 0.3 is 188 Å². The quantitative estimate of drug-likeness (QED) is 0.162. The summed E-state index contributed by atoms with van der Waals surface area (Å²) in [5, 5.41) is 0.439. The van der Waals surface area contributed by atoms with Crippen molar-refractivity contribution in [2.75, 3.05) is 0 Å². The summed E-state index contributed by atoms with van der Waals surface area (Å²) in [6, 6.07) is 3.11. The molecule has 0 saturated heterocycles. The Morgan fingerprint density at radius 2 is 1.17 bits per heavy atom. The van der Waals surface area contributed by atoms with Gasteiger partial charge in [-0.3, -0.25) is 0 Å². The van der Waals surface area contributed by atoms with Crippen LogP contribution in [0.5, 0.6) is 11.5 Å². The van der Waals surface area contributed by atoms with Crippen molar-refractivity contribution in [1.29, 1.82) is 0 Å². The van der Waals surface area contributed by atoms with E-state index < -0.39 is 35.1 Å². The molecule has 2 saturated carbocycles. The Kier molecular flexibility index (Phi) is 7.60. The molecule has 1 atom stereocenters. The van der Waals surface area contributed by atoms with E-state index in [1.54, 1.807) is 0 Å². The third kappa shape index (κ3) is 5.58. The summed E-state index contributed by atoms with van der Waals surface area (Å²) < 4.78 is 84.9. The second-order valence-corrected chi connectivity index (χ2v) is 15.6. The predicted molar refractivity (Wildman–Crippen MR) is 102 cm³/mol. The summed E-state index contributed by atoms with van der Waals surface area (Å²) >= 11 is 9.93. The molecule has 2 aliphatic rings. The molecule has 0 aliphatic heterocycles. The Morgan fingerprint density at radius 1 is 0.800 bits per heavy atom. The Hall–Kier alpha value is -0.218. The normalized spacial score (nSPS) is 21.1. The third-order valence-electron chi connectivity index (χ3n) is 6.24. The first-order valence-electron chi connectivity index (χ1n) is 9.83. The van der Waals surface area contributed by atoms with E-state index in [9.17, 15) is 26.3 Å². The van der Waals surface area contributed by atoms with Crippen molar-refractivity contribution in [3.05, 3.63) is 18.2 Å². The van der Waals surface area contributed by atoms with Gasteiger partial charge in [0.05, 0.1) is 0 Å². The van der Waals surface area contributed by atoms with Crippen LogP contribution in [0.4, 0.5) is 26.3 Å². The molecule has 3 rings (SSSR count). The van der Waals surface area contributed by atoms with Gasteiger partial charge in [-0.05, 0) is 0 Å². The number of ether oxygens (including phenoxy) is 2. The zero-order valence-electron chi connectivity index (χ0n) is 15.9. The van der Waals surface area contributed by atoms with Gasteiger partial charge < -0.3 is 0 Å². The van der Waals surface area contributed by atoms with Gasteiger partial charge in [0.25, 0.3) is 0 Å². The van der Waals surface area contributed by atoms with Crippen LogP contribution in [0.1, 0.15) is 51.4 Å². The van der Waals surface area contributed by atoms with E-state index >= 15 is 0 Å². The van der Waals surface area contributed by atoms with Crippen LogP contribution in [0.2, 0.25) is 0 Å². The van der Waals surface area contributed by atoms with Gasteiger partial charge in [0.2, 0.25) is 0 Å². The molecular formula is C19H23ClF6O2PPd. The molecule has 0 spiro atoms. The molecule has 2 aliphatic carbocycles. The molecule has 30 heavy (non-hydrogen) atoms. The van der Waals surface area contributed by atoms with Gasteiger partial charge in [0, 0.05) is 0 Å². The second kappa shape index (κ2) is 9.34. The fourth-order valence-corrected chi connectivity index (χ4v) is 15.7. The number of benzene rings is 1. The zero-order chi connectivity index (χ0) is 22.2. The van der Waals surface area contributed by atoms with E-state index in [4.69, 9.17) is 11.6 Å². The maximum absolute atomic E-state index is 12.9. The average molecular weight is 570 g/mol. The maximum atomic E-state index is 12.9. The third-order valence-corrected chi connectivity index (χ3v) is 15.4. The molecule has 0 bridgehead atoms. The van der Waals surface area contributed by atoms with Crippen molar-refractivity contribution in [1.82, 2.24) is 0 Å². The summed E-state index contributed by atoms with van der Waals surface area (Å²) in [6.45, 7) is 0. The molecule has 1 unspecified atom stereocenters. The van der Waals surface area contributed by atoms with Crippen LogP contribution < -0.4 is 14.8 Å². The van der Waals surface area contributed by atoms with Gasteiger partial charge in [0.15, 0.2) is 0 Å². The van der Waals surface area contributed by atoms with E-state index in [1.807, 2.05) is 0 Å². The van der Waals surface area contributed by atoms with Crippen LogP contribution in [-0.4, -0.2) is 27.6 Å². The molecule has 2 fully saturated rings. The van der Waals surface area contributed by atoms with Gasteiger partial charge in [0.1, 0.15) is 0 Å². The molecule has 11 heteroatoms. The first-order valence-corrected chi connectivity index (χ1v) is 13.4. The van der Waals surface area contributed by atoms with E-state index in [-0.39, 0.29) is 11.3 Å². The van der Waals surface area contributed by atoms with E-state index in [1.165, 1.54) is 12.1 Å². The van der Waals surface area contributed by atoms with Crippen molar-refractivity contribution < 1.29 is 55.0 Å². The van der Waals surface area contributed by atoms with Crippen LogP contribution in [0.3, 0.4) is 0 Å². The second-order valence-electron chi connectivity index (χ2n) is 7.95. The van der Waals surface area contributed by atoms with Crippen LogP contribution in [0.15, 0.2) is 18.2 Å². The molecule has 0 amide bonds. The topological polar surface area (TPSA) is 18.5 Å². The number of alkyl halides is 7. The van der Waals surface area contributed by atoms with Crippen molar-refractivity contribution in [2.45, 2.75) is 79.0 Å². The molecule has 0 radical (unpaired) electrons. The van der Waals surface area contributed by atoms with Crippen LogP contribution >= 0.6 is 18.9 Å². The van der Waals surface area contributed by atoms with E-state index in [0.29, 0.717) is 11.4 Å². The van der Waals surface area contributed by atoms with Crippen LogP contribution in [0.25, 0.3) is 0 Å². The molecule has 2 nitrogen and oxygen atoms in total. The fourth-order valence-electron chi connectivity index (χ4n) is 5.26. The van der Waals surface area contributed by atoms with E-state index in [0.717, 1.165) is 51.4 Å². The van der Waals surface area contributed by atoms with Gasteiger partial charge in [-0.15, -0.1) is 0 Å². The average Bonchev–Trinajstić information content (AvgIpc) is 3.25. The van der Waals surface area contributed by atoms with Crippen molar-refractivity contribution >= 4 is 24.2 Å². The summed E-state index contributed by atoms with van der Waals surface area (Å²) in [7, 11) is -2.79. The Morgan fingerprint density at radius 3 is 1.47 bits per heavy atom. The molecule has 1 aromatic rings. The zero-order valence-corrected chi connectivity index (χ0v) is 19.2. The number of rotatable bonds is 6. The Balaban J connectivity index is 2.17. The first kappa shape index (κ1) is 24.4. The Bertz CT molecular complexity index is 680. The minimum absolute atomic E-state index is 0.178. The molecule has 0 N–H and O–H groups in total. The minimum atomic E-state index is -5.03. The molecule has 0 heterocycles. The van der Waals surface area contributed by atoms with Crippen molar-refractivity contribution in [3.63, 3.8) is 0 Å². The van der Waals surface area contributed by atoms with Crippen molar-refractivity contribution in [3.8, 4) is 11.5 Å².